The molecule has 5 rings (SSSR count). The maximum absolute atomic E-state index is 14.6. The molecule has 4 aromatic rings. The molecule has 2 heterocycles. The van der Waals surface area contributed by atoms with E-state index in [0.717, 1.165) is 11.8 Å². The van der Waals surface area contributed by atoms with Crippen molar-refractivity contribution < 1.29 is 126 Å². The summed E-state index contributed by atoms with van der Waals surface area (Å²) in [6.07, 6.45) is -8.40. The lowest BCUT2D eigenvalue weighted by Crippen LogP contribution is -2.62. The van der Waals surface area contributed by atoms with E-state index in [-0.39, 0.29) is 94.6 Å². The first-order chi connectivity index (χ1) is 55.6. The van der Waals surface area contributed by atoms with E-state index in [9.17, 15) is 116 Å². The number of aliphatic hydroxyl groups excluding tert-OH is 2. The van der Waals surface area contributed by atoms with Crippen molar-refractivity contribution in [1.29, 1.82) is 5.41 Å². The number of alkyl halides is 3. The van der Waals surface area contributed by atoms with Gasteiger partial charge in [0.25, 0.3) is 0 Å². The third kappa shape index (κ3) is 34.1. The van der Waals surface area contributed by atoms with Gasteiger partial charge >= 0.3 is 24.1 Å². The second-order valence-corrected chi connectivity index (χ2v) is 27.1. The number of hydrogen-bond donors (Lipinski definition) is 25. The van der Waals surface area contributed by atoms with Crippen molar-refractivity contribution in [1.82, 2.24) is 73.4 Å². The van der Waals surface area contributed by atoms with E-state index in [1.165, 1.54) is 61.1 Å². The summed E-state index contributed by atoms with van der Waals surface area (Å²) in [5, 5.41) is 103. The molecule has 0 aliphatic carbocycles. The topological polar surface area (TPSA) is 733 Å². The van der Waals surface area contributed by atoms with E-state index < -0.39 is 224 Å². The summed E-state index contributed by atoms with van der Waals surface area (Å²) < 4.78 is 31.7. The lowest BCUT2D eigenvalue weighted by Gasteiger charge is -2.31. The molecule has 118 heavy (non-hydrogen) atoms. The number of nitrogens with one attached hydrogen (secondary N) is 13. The van der Waals surface area contributed by atoms with Crippen LogP contribution in [0.4, 0.5) is 13.2 Å². The Morgan fingerprint density at radius 3 is 1.48 bits per heavy atom. The minimum absolute atomic E-state index is 0.0697. The van der Waals surface area contributed by atoms with Crippen LogP contribution < -0.4 is 87.2 Å². The van der Waals surface area contributed by atoms with Crippen LogP contribution in [0.15, 0.2) is 91.4 Å². The van der Waals surface area contributed by atoms with Crippen LogP contribution in [0.25, 0.3) is 0 Å². The van der Waals surface area contributed by atoms with Gasteiger partial charge in [-0.25, -0.2) is 14.6 Å². The van der Waals surface area contributed by atoms with Crippen molar-refractivity contribution in [3.63, 3.8) is 0 Å². The summed E-state index contributed by atoms with van der Waals surface area (Å²) in [4.78, 5) is 222. The molecule has 46 heteroatoms. The number of phenolic OH excluding ortho intramolecular Hbond substituents is 2. The van der Waals surface area contributed by atoms with Gasteiger partial charge in [-0.3, -0.25) is 72.5 Å². The van der Waals surface area contributed by atoms with E-state index in [1.807, 2.05) is 0 Å². The molecule has 30 N–H and O–H groups in total. The number of unbranched alkanes of at least 4 members (excludes halogenated alkanes) is 1. The first-order valence-electron chi connectivity index (χ1n) is 36.7. The number of guanidine groups is 1. The van der Waals surface area contributed by atoms with Crippen LogP contribution in [0.3, 0.4) is 0 Å². The molecule has 0 unspecified atom stereocenters. The fourth-order valence-electron chi connectivity index (χ4n) is 11.6. The Bertz CT molecular complexity index is 4110. The predicted octanol–water partition coefficient (Wildman–Crippen LogP) is -6.64. The number of carbonyl (C=O) groups is 16. The number of halogens is 3. The van der Waals surface area contributed by atoms with Gasteiger partial charge in [-0.05, 0) is 106 Å². The fourth-order valence-corrected chi connectivity index (χ4v) is 11.6. The maximum Gasteiger partial charge on any atom is 0.490 e. The number of aromatic nitrogens is 2. The molecule has 1 saturated heterocycles. The van der Waals surface area contributed by atoms with Crippen LogP contribution in [0.2, 0.25) is 0 Å². The highest BCUT2D eigenvalue weighted by atomic mass is 19.4. The quantitative estimate of drug-likeness (QED) is 0.0111. The van der Waals surface area contributed by atoms with Gasteiger partial charge in [-0.1, -0.05) is 54.6 Å². The molecule has 43 nitrogen and oxygen atoms in total. The zero-order valence-corrected chi connectivity index (χ0v) is 63.7. The Hall–Kier alpha value is -13.1. The Labute approximate surface area is 670 Å². The molecule has 0 bridgehead atoms. The molecule has 0 spiro atoms. The van der Waals surface area contributed by atoms with Gasteiger partial charge < -0.3 is 133 Å². The lowest BCUT2D eigenvalue weighted by atomic mass is 10.0. The van der Waals surface area contributed by atoms with Gasteiger partial charge in [0.1, 0.15) is 78.0 Å². The van der Waals surface area contributed by atoms with Gasteiger partial charge in [-0.15, -0.1) is 0 Å². The number of primary amides is 2. The number of nitrogens with zero attached hydrogens (tertiary/aromatic N) is 2. The molecule has 13 amide bonds. The number of aromatic amines is 1. The average Bonchev–Trinajstić information content (AvgIpc) is 1.62. The van der Waals surface area contributed by atoms with E-state index >= 15 is 0 Å². The van der Waals surface area contributed by atoms with Crippen LogP contribution in [-0.4, -0.2) is 262 Å². The van der Waals surface area contributed by atoms with Gasteiger partial charge in [0.05, 0.1) is 43.6 Å². The van der Waals surface area contributed by atoms with Gasteiger partial charge in [0.2, 0.25) is 76.8 Å². The first kappa shape index (κ1) is 97.3. The molecule has 3 aromatic carbocycles. The molecule has 0 radical (unpaired) electrons. The van der Waals surface area contributed by atoms with Crippen LogP contribution in [0.5, 0.6) is 11.5 Å². The van der Waals surface area contributed by atoms with Crippen LogP contribution in [-0.2, 0) is 102 Å². The lowest BCUT2D eigenvalue weighted by molar-refractivity contribution is -0.192. The van der Waals surface area contributed by atoms with E-state index in [1.54, 1.807) is 30.3 Å². The number of imidazole rings is 1. The van der Waals surface area contributed by atoms with E-state index in [4.69, 9.17) is 44.0 Å². The number of aromatic hydroxyl groups is 2. The van der Waals surface area contributed by atoms with Crippen molar-refractivity contribution in [2.24, 2.45) is 28.7 Å². The molecule has 13 atom stereocenters. The molecule has 1 aliphatic heterocycles. The minimum atomic E-state index is -5.08. The van der Waals surface area contributed by atoms with Crippen molar-refractivity contribution in [3.05, 3.63) is 114 Å². The van der Waals surface area contributed by atoms with Gasteiger partial charge in [0.15, 0.2) is 5.96 Å². The number of aliphatic hydroxyl groups is 2. The second kappa shape index (κ2) is 48.3. The summed E-state index contributed by atoms with van der Waals surface area (Å²) in [6, 6.07) is -1.18. The van der Waals surface area contributed by atoms with Gasteiger partial charge in [-0.2, -0.15) is 13.2 Å². The number of amides is 13. The Morgan fingerprint density at radius 1 is 0.559 bits per heavy atom. The fraction of sp³-hybridized carbons (Fsp3) is 0.472. The highest BCUT2D eigenvalue weighted by molar-refractivity contribution is 6.01. The summed E-state index contributed by atoms with van der Waals surface area (Å²) >= 11 is 0. The Kier molecular flexibility index (Phi) is 39.8. The molecular formula is C72H99F3N20O23. The summed E-state index contributed by atoms with van der Waals surface area (Å²) in [5.41, 5.74) is 29.3. The number of aliphatic carboxylic acids is 3. The number of phenols is 2. The molecule has 1 aliphatic rings. The number of nitrogens with two attached hydrogens (primary N) is 5. The zero-order valence-electron chi connectivity index (χ0n) is 63.7. The normalized spacial score (nSPS) is 15.4. The minimum Gasteiger partial charge on any atom is -0.508 e. The SMILES string of the molecule is C[C@@H](O)[C@H](NC(=O)[C@@H]1CCCN1C(=O)[C@H](CCCCN)NC(=O)[C@H](CO)NC(=O)[C@H](Cc1ccc(O)cc1)NC(=O)[C@@H](N)CC(N)=O)C(=O)N[C@@H](CC(=O)O)C(=O)N[C@@H](CCCNC(=N)N)C(=O)N[C@@H](CCC(N)=O)C(=O)N[C@@H](Cc1ccc(O)cc1)C(=O)N[C@@H](Cc1c[nH]cn1)C(=O)N[C@@H](Cc1ccccc1)C(=O)O.O=C(O)C(F)(F)F. The number of benzene rings is 3. The molecule has 646 valence electrons. The highest BCUT2D eigenvalue weighted by Crippen LogP contribution is 2.22. The number of H-pyrrole nitrogens is 1. The van der Waals surface area contributed by atoms with Crippen molar-refractivity contribution in [3.8, 4) is 11.5 Å². The van der Waals surface area contributed by atoms with Crippen molar-refractivity contribution >= 4 is 101 Å². The Morgan fingerprint density at radius 2 is 1.01 bits per heavy atom. The number of rotatable bonds is 47. The third-order valence-corrected chi connectivity index (χ3v) is 17.7. The van der Waals surface area contributed by atoms with Crippen LogP contribution >= 0.6 is 0 Å². The monoisotopic (exact) mass is 1670 g/mol. The zero-order chi connectivity index (χ0) is 88.1. The number of carbonyl (C=O) groups excluding carboxylic acids is 13. The van der Waals surface area contributed by atoms with Crippen molar-refractivity contribution in [2.75, 3.05) is 26.2 Å². The molecule has 1 fully saturated rings. The van der Waals surface area contributed by atoms with Crippen LogP contribution in [0, 0.1) is 5.41 Å². The molecule has 1 aromatic heterocycles. The average molecular weight is 1670 g/mol. The second-order valence-electron chi connectivity index (χ2n) is 27.1. The largest absolute Gasteiger partial charge is 0.508 e. The van der Waals surface area contributed by atoms with Crippen molar-refractivity contribution in [2.45, 2.75) is 188 Å². The number of carboxylic acids is 3. The Balaban J connectivity index is 0.00000399. The number of hydrogen-bond acceptors (Lipinski definition) is 24. The highest BCUT2D eigenvalue weighted by Gasteiger charge is 2.43. The summed E-state index contributed by atoms with van der Waals surface area (Å²) in [5.74, 6) is -20.9. The van der Waals surface area contributed by atoms with E-state index in [0.29, 0.717) is 23.1 Å². The third-order valence-electron chi connectivity index (χ3n) is 17.7. The smallest absolute Gasteiger partial charge is 0.490 e. The number of likely N-dealkylation sites (tertiary alicyclic amines) is 1. The molecule has 0 saturated carbocycles. The van der Waals surface area contributed by atoms with E-state index in [2.05, 4.69) is 68.5 Å². The summed E-state index contributed by atoms with van der Waals surface area (Å²) in [7, 11) is 0. The molecular weight excluding hydrogens is 1570 g/mol. The predicted molar refractivity (Wildman–Crippen MR) is 405 cm³/mol. The number of carboxylic acid groups (broad SMARTS) is 3. The maximum atomic E-state index is 14.6. The summed E-state index contributed by atoms with van der Waals surface area (Å²) in [6.45, 7) is -0.135. The van der Waals surface area contributed by atoms with Crippen LogP contribution in [0.1, 0.15) is 99.9 Å². The first-order valence-corrected chi connectivity index (χ1v) is 36.7. The standard InChI is InChI=1S/C70H98N20O21.C2HF3O2/c1-36(92)57(89-66(107)53-13-8-26-90(53)68(109)46(11-5-6-24-71)82-65(106)52(34-91)88-62(103)47(27-38-14-18-41(93)19-15-38)83-58(99)43(72)31-55(74)96)67(108)86-50(32-56(97)98)64(105)80-44(12-7-25-78-70(75)76)59(100)81-45(22-23-54(73)95)60(101)84-48(28-39-16-20-42(94)21-17-39)61(102)85-49(30-40-33-77-35-79-40)63(104)87-51(69(110)111)29-37-9-3-2-4-10-37;3-2(4,5)1(6)7/h2-4,9-10,14-21,33,35-36,43-53,57,91-94H,5-8,11-13,22-32,34,71-72H2,1H3,(H2,73,95)(H2,74,96)(H,77,79)(H,80,105)(H,81,100)(H,82,106)(H,83,99)(H,84,101)(H,85,102)(H,86,108)(H,87,104)(H,88,103)(H,89,107)(H,97,98)(H,110,111)(H4,75,76,78);(H,6,7)/t36-,43+,44+,45+,46+,47+,48+,49+,50+,51+,52+,53+,57+;/m1./s1. The van der Waals surface area contributed by atoms with Gasteiger partial charge in [0, 0.05) is 51.4 Å².